The van der Waals surface area contributed by atoms with Gasteiger partial charge in [0.25, 0.3) is 0 Å². The molecule has 1 amide bonds. The molecule has 29 heavy (non-hydrogen) atoms. The first-order valence-corrected chi connectivity index (χ1v) is 10.8. The second-order valence-corrected chi connectivity index (χ2v) is 8.88. The molecule has 0 spiro atoms. The lowest BCUT2D eigenvalue weighted by atomic mass is 10.1. The normalized spacial score (nSPS) is 16.7. The van der Waals surface area contributed by atoms with Crippen LogP contribution in [0.3, 0.4) is 0 Å². The van der Waals surface area contributed by atoms with Crippen LogP contribution in [-0.2, 0) is 22.6 Å². The SMILES string of the molecule is O=C1CC[C@H](COCc2ccc(-c3nnn[nH]3)s2)N1CCc1cc(Cl)cc(Cl)c1. The number of H-pyrrole nitrogens is 1. The molecule has 0 saturated carbocycles. The van der Waals surface area contributed by atoms with Crippen molar-refractivity contribution in [3.8, 4) is 10.7 Å². The number of nitrogens with zero attached hydrogens (tertiary/aromatic N) is 4. The van der Waals surface area contributed by atoms with Gasteiger partial charge in [-0.15, -0.1) is 16.4 Å². The summed E-state index contributed by atoms with van der Waals surface area (Å²) in [5.41, 5.74) is 1.02. The first-order valence-electron chi connectivity index (χ1n) is 9.23. The Morgan fingerprint density at radius 1 is 1.24 bits per heavy atom. The number of rotatable bonds is 8. The van der Waals surface area contributed by atoms with Crippen LogP contribution in [0.25, 0.3) is 10.7 Å². The maximum absolute atomic E-state index is 12.3. The predicted molar refractivity (Wildman–Crippen MR) is 112 cm³/mol. The van der Waals surface area contributed by atoms with Crippen molar-refractivity contribution in [2.75, 3.05) is 13.2 Å². The molecule has 0 aliphatic carbocycles. The van der Waals surface area contributed by atoms with Gasteiger partial charge in [0.1, 0.15) is 0 Å². The molecule has 0 radical (unpaired) electrons. The maximum atomic E-state index is 12.3. The lowest BCUT2D eigenvalue weighted by Gasteiger charge is -2.24. The van der Waals surface area contributed by atoms with Crippen molar-refractivity contribution in [2.24, 2.45) is 0 Å². The number of hydrogen-bond acceptors (Lipinski definition) is 6. The lowest BCUT2D eigenvalue weighted by molar-refractivity contribution is -0.129. The third kappa shape index (κ3) is 5.14. The highest BCUT2D eigenvalue weighted by Crippen LogP contribution is 2.26. The number of carbonyl (C=O) groups excluding carboxylic acids is 1. The molecule has 1 fully saturated rings. The predicted octanol–water partition coefficient (Wildman–Crippen LogP) is 3.99. The summed E-state index contributed by atoms with van der Waals surface area (Å²) in [6, 6.07) is 9.54. The van der Waals surface area contributed by atoms with Gasteiger partial charge in [-0.05, 0) is 59.2 Å². The monoisotopic (exact) mass is 451 g/mol. The smallest absolute Gasteiger partial charge is 0.222 e. The van der Waals surface area contributed by atoms with Gasteiger partial charge in [-0.1, -0.05) is 23.2 Å². The molecule has 1 N–H and O–H groups in total. The van der Waals surface area contributed by atoms with Gasteiger partial charge < -0.3 is 9.64 Å². The molecule has 3 aromatic rings. The zero-order valence-corrected chi connectivity index (χ0v) is 17.8. The number of hydrogen-bond donors (Lipinski definition) is 1. The largest absolute Gasteiger partial charge is 0.374 e. The number of thiophene rings is 1. The topological polar surface area (TPSA) is 84.0 Å². The third-order valence-corrected chi connectivity index (χ3v) is 6.31. The second kappa shape index (κ2) is 9.21. The number of aromatic nitrogens is 4. The summed E-state index contributed by atoms with van der Waals surface area (Å²) in [6.07, 6.45) is 2.09. The van der Waals surface area contributed by atoms with E-state index in [0.29, 0.717) is 48.5 Å². The molecular formula is C19H19Cl2N5O2S. The van der Waals surface area contributed by atoms with Gasteiger partial charge in [0.05, 0.1) is 24.1 Å². The molecule has 3 heterocycles. The van der Waals surface area contributed by atoms with Crippen molar-refractivity contribution in [3.63, 3.8) is 0 Å². The number of likely N-dealkylation sites (tertiary alicyclic amines) is 1. The van der Waals surface area contributed by atoms with Gasteiger partial charge in [0, 0.05) is 27.9 Å². The molecule has 0 unspecified atom stereocenters. The Hall–Kier alpha value is -2.00. The molecule has 10 heteroatoms. The van der Waals surface area contributed by atoms with E-state index in [2.05, 4.69) is 20.6 Å². The van der Waals surface area contributed by atoms with Gasteiger partial charge in [0.15, 0.2) is 5.82 Å². The summed E-state index contributed by atoms with van der Waals surface area (Å²) >= 11 is 13.7. The summed E-state index contributed by atoms with van der Waals surface area (Å²) in [5.74, 6) is 0.817. The van der Waals surface area contributed by atoms with E-state index in [0.717, 1.165) is 21.7 Å². The van der Waals surface area contributed by atoms with Crippen LogP contribution in [0.2, 0.25) is 10.0 Å². The second-order valence-electron chi connectivity index (χ2n) is 6.84. The number of carbonyl (C=O) groups is 1. The fourth-order valence-electron chi connectivity index (χ4n) is 3.42. The van der Waals surface area contributed by atoms with Gasteiger partial charge >= 0.3 is 0 Å². The van der Waals surface area contributed by atoms with Crippen LogP contribution in [-0.4, -0.2) is 50.6 Å². The molecule has 4 rings (SSSR count). The molecule has 1 aliphatic rings. The van der Waals surface area contributed by atoms with Crippen molar-refractivity contribution < 1.29 is 9.53 Å². The Balaban J connectivity index is 1.29. The summed E-state index contributed by atoms with van der Waals surface area (Å²) in [4.78, 5) is 16.3. The van der Waals surface area contributed by atoms with Crippen LogP contribution in [0.5, 0.6) is 0 Å². The summed E-state index contributed by atoms with van der Waals surface area (Å²) in [6.45, 7) is 1.64. The molecule has 0 bridgehead atoms. The fraction of sp³-hybridized carbons (Fsp3) is 0.368. The number of ether oxygens (including phenoxy) is 1. The van der Waals surface area contributed by atoms with Crippen molar-refractivity contribution in [1.82, 2.24) is 25.5 Å². The molecule has 1 atom stereocenters. The number of aromatic amines is 1. The quantitative estimate of drug-likeness (QED) is 0.559. The van der Waals surface area contributed by atoms with Crippen molar-refractivity contribution in [2.45, 2.75) is 31.9 Å². The number of amides is 1. The van der Waals surface area contributed by atoms with Gasteiger partial charge in [-0.25, -0.2) is 5.10 Å². The van der Waals surface area contributed by atoms with E-state index >= 15 is 0 Å². The van der Waals surface area contributed by atoms with E-state index in [9.17, 15) is 4.79 Å². The molecule has 2 aromatic heterocycles. The summed E-state index contributed by atoms with van der Waals surface area (Å²) < 4.78 is 5.92. The minimum Gasteiger partial charge on any atom is -0.374 e. The minimum atomic E-state index is 0.0927. The van der Waals surface area contributed by atoms with E-state index in [1.165, 1.54) is 0 Å². The zero-order chi connectivity index (χ0) is 20.2. The highest BCUT2D eigenvalue weighted by atomic mass is 35.5. The number of benzene rings is 1. The molecule has 1 saturated heterocycles. The van der Waals surface area contributed by atoms with Gasteiger partial charge in [-0.3, -0.25) is 4.79 Å². The van der Waals surface area contributed by atoms with E-state index in [1.54, 1.807) is 17.4 Å². The standard InChI is InChI=1S/C19H19Cl2N5O2S/c20-13-7-12(8-14(21)9-13)5-6-26-15(1-4-18(26)27)10-28-11-16-2-3-17(29-16)19-22-24-25-23-19/h2-3,7-9,15H,1,4-6,10-11H2,(H,22,23,24,25)/t15-/m1/s1. The van der Waals surface area contributed by atoms with Crippen LogP contribution >= 0.6 is 34.5 Å². The Kier molecular flexibility index (Phi) is 6.44. The minimum absolute atomic E-state index is 0.0927. The highest BCUT2D eigenvalue weighted by molar-refractivity contribution is 7.15. The van der Waals surface area contributed by atoms with E-state index in [1.807, 2.05) is 29.2 Å². The van der Waals surface area contributed by atoms with Gasteiger partial charge in [-0.2, -0.15) is 0 Å². The molecule has 152 valence electrons. The van der Waals surface area contributed by atoms with E-state index in [-0.39, 0.29) is 11.9 Å². The Labute approximate surface area is 182 Å². The number of halogens is 2. The maximum Gasteiger partial charge on any atom is 0.222 e. The van der Waals surface area contributed by atoms with E-state index in [4.69, 9.17) is 27.9 Å². The zero-order valence-electron chi connectivity index (χ0n) is 15.5. The van der Waals surface area contributed by atoms with Crippen LogP contribution < -0.4 is 0 Å². The highest BCUT2D eigenvalue weighted by Gasteiger charge is 2.30. The van der Waals surface area contributed by atoms with Crippen LogP contribution in [0.1, 0.15) is 23.3 Å². The van der Waals surface area contributed by atoms with Crippen molar-refractivity contribution in [3.05, 3.63) is 50.8 Å². The lowest BCUT2D eigenvalue weighted by Crippen LogP contribution is -2.37. The Bertz CT molecular complexity index is 959. The fourth-order valence-corrected chi connectivity index (χ4v) is 4.87. The van der Waals surface area contributed by atoms with Crippen molar-refractivity contribution in [1.29, 1.82) is 0 Å². The van der Waals surface area contributed by atoms with Gasteiger partial charge in [0.2, 0.25) is 5.91 Å². The summed E-state index contributed by atoms with van der Waals surface area (Å²) in [5, 5.41) is 15.1. The molecule has 1 aromatic carbocycles. The first kappa shape index (κ1) is 20.3. The van der Waals surface area contributed by atoms with Crippen LogP contribution in [0, 0.1) is 0 Å². The van der Waals surface area contributed by atoms with Crippen LogP contribution in [0.15, 0.2) is 30.3 Å². The average Bonchev–Trinajstić information content (AvgIpc) is 3.41. The molecule has 1 aliphatic heterocycles. The number of tetrazole rings is 1. The Morgan fingerprint density at radius 2 is 2.07 bits per heavy atom. The summed E-state index contributed by atoms with van der Waals surface area (Å²) in [7, 11) is 0. The molecular weight excluding hydrogens is 433 g/mol. The molecule has 7 nitrogen and oxygen atoms in total. The van der Waals surface area contributed by atoms with Crippen LogP contribution in [0.4, 0.5) is 0 Å². The first-order chi connectivity index (χ1) is 14.1. The average molecular weight is 452 g/mol. The Morgan fingerprint density at radius 3 is 2.83 bits per heavy atom. The number of nitrogens with one attached hydrogen (secondary N) is 1. The third-order valence-electron chi connectivity index (χ3n) is 4.81. The van der Waals surface area contributed by atoms with E-state index < -0.39 is 0 Å². The van der Waals surface area contributed by atoms with Crippen molar-refractivity contribution >= 4 is 40.4 Å².